The zero-order valence-electron chi connectivity index (χ0n) is 17.6. The molecule has 5 nitrogen and oxygen atoms in total. The monoisotopic (exact) mass is 412 g/mol. The van der Waals surface area contributed by atoms with Crippen LogP contribution in [0.3, 0.4) is 0 Å². The van der Waals surface area contributed by atoms with Gasteiger partial charge >= 0.3 is 0 Å². The molecule has 0 bridgehead atoms. The SMILES string of the molecule is COc1ccc(CCC(=O)N2CCN(C(=O)C(C)Cc3cccc(F)c3)CC2)cc1. The van der Waals surface area contributed by atoms with E-state index in [9.17, 15) is 14.0 Å². The fourth-order valence-electron chi connectivity index (χ4n) is 3.79. The Kier molecular flexibility index (Phi) is 7.44. The summed E-state index contributed by atoms with van der Waals surface area (Å²) in [5.74, 6) is 0.478. The number of carbonyl (C=O) groups excluding carboxylic acids is 2. The topological polar surface area (TPSA) is 49.9 Å². The lowest BCUT2D eigenvalue weighted by Crippen LogP contribution is -2.52. The summed E-state index contributed by atoms with van der Waals surface area (Å²) in [6, 6.07) is 14.1. The number of carbonyl (C=O) groups is 2. The molecule has 1 saturated heterocycles. The predicted molar refractivity (Wildman–Crippen MR) is 114 cm³/mol. The summed E-state index contributed by atoms with van der Waals surface area (Å²) in [5.41, 5.74) is 1.92. The average molecular weight is 413 g/mol. The summed E-state index contributed by atoms with van der Waals surface area (Å²) in [5, 5.41) is 0. The lowest BCUT2D eigenvalue weighted by Gasteiger charge is -2.36. The molecule has 3 rings (SSSR count). The number of halogens is 1. The summed E-state index contributed by atoms with van der Waals surface area (Å²) in [6.45, 7) is 4.07. The maximum Gasteiger partial charge on any atom is 0.225 e. The number of methoxy groups -OCH3 is 1. The van der Waals surface area contributed by atoms with Gasteiger partial charge in [-0.3, -0.25) is 9.59 Å². The van der Waals surface area contributed by atoms with Gasteiger partial charge in [-0.25, -0.2) is 4.39 Å². The first-order valence-electron chi connectivity index (χ1n) is 10.4. The van der Waals surface area contributed by atoms with Gasteiger partial charge in [0.05, 0.1) is 7.11 Å². The molecule has 1 atom stereocenters. The van der Waals surface area contributed by atoms with E-state index in [1.165, 1.54) is 12.1 Å². The average Bonchev–Trinajstić information content (AvgIpc) is 2.77. The van der Waals surface area contributed by atoms with Crippen LogP contribution >= 0.6 is 0 Å². The largest absolute Gasteiger partial charge is 0.497 e. The van der Waals surface area contributed by atoms with Crippen molar-refractivity contribution in [1.29, 1.82) is 0 Å². The molecular weight excluding hydrogens is 383 g/mol. The van der Waals surface area contributed by atoms with Gasteiger partial charge in [0, 0.05) is 38.5 Å². The predicted octanol–water partition coefficient (Wildman–Crippen LogP) is 3.32. The summed E-state index contributed by atoms with van der Waals surface area (Å²) >= 11 is 0. The van der Waals surface area contributed by atoms with E-state index < -0.39 is 0 Å². The maximum absolute atomic E-state index is 13.4. The molecule has 6 heteroatoms. The molecule has 0 aliphatic carbocycles. The highest BCUT2D eigenvalue weighted by Crippen LogP contribution is 2.16. The third kappa shape index (κ3) is 5.81. The number of hydrogen-bond donors (Lipinski definition) is 0. The number of hydrogen-bond acceptors (Lipinski definition) is 3. The van der Waals surface area contributed by atoms with Crippen LogP contribution in [-0.4, -0.2) is 54.9 Å². The molecule has 0 radical (unpaired) electrons. The standard InChI is InChI=1S/C24H29FN2O3/c1-18(16-20-4-3-5-21(25)17-20)24(29)27-14-12-26(13-15-27)23(28)11-8-19-6-9-22(30-2)10-7-19/h3-7,9-10,17-18H,8,11-16H2,1-2H3. The Morgan fingerprint density at radius 2 is 1.67 bits per heavy atom. The first kappa shape index (κ1) is 21.8. The van der Waals surface area contributed by atoms with Crippen LogP contribution in [-0.2, 0) is 22.4 Å². The highest BCUT2D eigenvalue weighted by molar-refractivity contribution is 5.80. The van der Waals surface area contributed by atoms with Crippen molar-refractivity contribution in [1.82, 2.24) is 9.80 Å². The van der Waals surface area contributed by atoms with E-state index in [4.69, 9.17) is 4.74 Å². The van der Waals surface area contributed by atoms with Crippen LogP contribution in [0.25, 0.3) is 0 Å². The Hall–Kier alpha value is -2.89. The Balaban J connectivity index is 1.43. The van der Waals surface area contributed by atoms with Gasteiger partial charge in [-0.15, -0.1) is 0 Å². The summed E-state index contributed by atoms with van der Waals surface area (Å²) in [6.07, 6.45) is 1.65. The highest BCUT2D eigenvalue weighted by atomic mass is 19.1. The molecule has 2 aromatic rings. The zero-order valence-corrected chi connectivity index (χ0v) is 17.6. The van der Waals surface area contributed by atoms with Gasteiger partial charge in [-0.05, 0) is 48.2 Å². The normalized spacial score (nSPS) is 15.0. The molecule has 1 aliphatic rings. The van der Waals surface area contributed by atoms with Crippen molar-refractivity contribution in [3.63, 3.8) is 0 Å². The molecule has 2 amide bonds. The van der Waals surface area contributed by atoms with E-state index in [-0.39, 0.29) is 23.5 Å². The number of ether oxygens (including phenoxy) is 1. The molecule has 1 fully saturated rings. The molecule has 0 saturated carbocycles. The van der Waals surface area contributed by atoms with Gasteiger partial charge in [-0.1, -0.05) is 31.2 Å². The number of piperazine rings is 1. The smallest absolute Gasteiger partial charge is 0.225 e. The van der Waals surface area contributed by atoms with Crippen molar-refractivity contribution in [3.05, 3.63) is 65.5 Å². The first-order chi connectivity index (χ1) is 14.5. The van der Waals surface area contributed by atoms with E-state index >= 15 is 0 Å². The fraction of sp³-hybridized carbons (Fsp3) is 0.417. The molecular formula is C24H29FN2O3. The Morgan fingerprint density at radius 1 is 1.00 bits per heavy atom. The third-order valence-corrected chi connectivity index (χ3v) is 5.58. The molecule has 30 heavy (non-hydrogen) atoms. The minimum atomic E-state index is -0.283. The van der Waals surface area contributed by atoms with Crippen LogP contribution in [0.15, 0.2) is 48.5 Å². The lowest BCUT2D eigenvalue weighted by atomic mass is 9.99. The van der Waals surface area contributed by atoms with Crippen LogP contribution in [0.4, 0.5) is 4.39 Å². The number of aryl methyl sites for hydroxylation is 1. The third-order valence-electron chi connectivity index (χ3n) is 5.58. The van der Waals surface area contributed by atoms with E-state index in [0.29, 0.717) is 45.4 Å². The molecule has 160 valence electrons. The van der Waals surface area contributed by atoms with E-state index in [0.717, 1.165) is 16.9 Å². The molecule has 1 aliphatic heterocycles. The zero-order chi connectivity index (χ0) is 21.5. The van der Waals surface area contributed by atoms with E-state index in [2.05, 4.69) is 0 Å². The van der Waals surface area contributed by atoms with Crippen molar-refractivity contribution in [2.75, 3.05) is 33.3 Å². The van der Waals surface area contributed by atoms with Gasteiger partial charge in [0.15, 0.2) is 0 Å². The van der Waals surface area contributed by atoms with Crippen molar-refractivity contribution in [2.45, 2.75) is 26.2 Å². The molecule has 1 heterocycles. The lowest BCUT2D eigenvalue weighted by molar-refractivity contribution is -0.141. The quantitative estimate of drug-likeness (QED) is 0.701. The maximum atomic E-state index is 13.4. The highest BCUT2D eigenvalue weighted by Gasteiger charge is 2.26. The van der Waals surface area contributed by atoms with Crippen molar-refractivity contribution in [3.8, 4) is 5.75 Å². The van der Waals surface area contributed by atoms with Crippen molar-refractivity contribution in [2.24, 2.45) is 5.92 Å². The van der Waals surface area contributed by atoms with Crippen molar-refractivity contribution >= 4 is 11.8 Å². The van der Waals surface area contributed by atoms with Crippen molar-refractivity contribution < 1.29 is 18.7 Å². The molecule has 0 N–H and O–H groups in total. The number of rotatable bonds is 7. The van der Waals surface area contributed by atoms with Gasteiger partial charge < -0.3 is 14.5 Å². The van der Waals surface area contributed by atoms with Crippen LogP contribution in [0.1, 0.15) is 24.5 Å². The first-order valence-corrected chi connectivity index (χ1v) is 10.4. The number of benzene rings is 2. The fourth-order valence-corrected chi connectivity index (χ4v) is 3.79. The second-order valence-corrected chi connectivity index (χ2v) is 7.79. The van der Waals surface area contributed by atoms with Crippen LogP contribution in [0, 0.1) is 11.7 Å². The number of nitrogens with zero attached hydrogens (tertiary/aromatic N) is 2. The van der Waals surface area contributed by atoms with Gasteiger partial charge in [0.1, 0.15) is 11.6 Å². The Morgan fingerprint density at radius 3 is 2.30 bits per heavy atom. The summed E-state index contributed by atoms with van der Waals surface area (Å²) in [4.78, 5) is 28.9. The summed E-state index contributed by atoms with van der Waals surface area (Å²) in [7, 11) is 1.63. The van der Waals surface area contributed by atoms with Crippen LogP contribution < -0.4 is 4.74 Å². The molecule has 2 aromatic carbocycles. The Labute approximate surface area is 177 Å². The minimum absolute atomic E-state index is 0.0598. The second-order valence-electron chi connectivity index (χ2n) is 7.79. The van der Waals surface area contributed by atoms with E-state index in [1.807, 2.05) is 47.1 Å². The molecule has 0 aromatic heterocycles. The number of amides is 2. The van der Waals surface area contributed by atoms with Gasteiger partial charge in [-0.2, -0.15) is 0 Å². The van der Waals surface area contributed by atoms with Crippen LogP contribution in [0.2, 0.25) is 0 Å². The van der Waals surface area contributed by atoms with Gasteiger partial charge in [0.2, 0.25) is 11.8 Å². The molecule has 1 unspecified atom stereocenters. The second kappa shape index (κ2) is 10.2. The van der Waals surface area contributed by atoms with E-state index in [1.54, 1.807) is 13.2 Å². The summed E-state index contributed by atoms with van der Waals surface area (Å²) < 4.78 is 18.5. The minimum Gasteiger partial charge on any atom is -0.497 e. The Bertz CT molecular complexity index is 861. The van der Waals surface area contributed by atoms with Crippen LogP contribution in [0.5, 0.6) is 5.75 Å². The molecule has 0 spiro atoms. The van der Waals surface area contributed by atoms with Gasteiger partial charge in [0.25, 0.3) is 0 Å².